The smallest absolute Gasteiger partial charge is 0.256 e. The minimum absolute atomic E-state index is 0.304. The van der Waals surface area contributed by atoms with Gasteiger partial charge < -0.3 is 20.1 Å². The molecule has 0 unspecified atom stereocenters. The van der Waals surface area contributed by atoms with Crippen molar-refractivity contribution in [2.75, 3.05) is 19.5 Å². The summed E-state index contributed by atoms with van der Waals surface area (Å²) in [6, 6.07) is 27.8. The van der Waals surface area contributed by atoms with Gasteiger partial charge in [-0.1, -0.05) is 54.2 Å². The molecule has 1 aromatic heterocycles. The van der Waals surface area contributed by atoms with Crippen LogP contribution in [0.2, 0.25) is 0 Å². The number of ether oxygens (including phenoxy) is 2. The zero-order valence-corrected chi connectivity index (χ0v) is 23.6. The van der Waals surface area contributed by atoms with Crippen LogP contribution in [0.5, 0.6) is 11.5 Å². The van der Waals surface area contributed by atoms with Crippen molar-refractivity contribution in [3.63, 3.8) is 0 Å². The molecule has 202 valence electrons. The molecule has 1 heterocycles. The Morgan fingerprint density at radius 3 is 2.35 bits per heavy atom. The molecule has 5 aromatic rings. The maximum atomic E-state index is 13.2. The van der Waals surface area contributed by atoms with Gasteiger partial charge in [-0.05, 0) is 54.1 Å². The lowest BCUT2D eigenvalue weighted by Crippen LogP contribution is -2.26. The molecule has 0 aliphatic carbocycles. The zero-order valence-electron chi connectivity index (χ0n) is 22.0. The van der Waals surface area contributed by atoms with Crippen molar-refractivity contribution < 1.29 is 19.1 Å². The monoisotopic (exact) mass is 569 g/mol. The van der Waals surface area contributed by atoms with Gasteiger partial charge in [0.15, 0.2) is 4.34 Å². The number of carbonyl (C=O) groups excluding carboxylic acids is 2. The van der Waals surface area contributed by atoms with Crippen molar-refractivity contribution >= 4 is 50.8 Å². The molecule has 2 N–H and O–H groups in total. The van der Waals surface area contributed by atoms with Crippen LogP contribution in [-0.4, -0.2) is 31.0 Å². The van der Waals surface area contributed by atoms with Gasteiger partial charge >= 0.3 is 0 Å². The number of methoxy groups -OCH3 is 2. The van der Waals surface area contributed by atoms with Crippen molar-refractivity contribution in [2.24, 2.45) is 0 Å². The first-order chi connectivity index (χ1) is 19.5. The summed E-state index contributed by atoms with van der Waals surface area (Å²) >= 11 is 3.17. The van der Waals surface area contributed by atoms with E-state index in [1.165, 1.54) is 0 Å². The number of aromatic nitrogens is 1. The quantitative estimate of drug-likeness (QED) is 0.180. The maximum absolute atomic E-state index is 13.2. The van der Waals surface area contributed by atoms with E-state index in [2.05, 4.69) is 10.6 Å². The number of fused-ring (bicyclic) bond motifs is 1. The van der Waals surface area contributed by atoms with Crippen molar-refractivity contribution in [1.82, 2.24) is 10.3 Å². The molecule has 40 heavy (non-hydrogen) atoms. The van der Waals surface area contributed by atoms with Crippen LogP contribution < -0.4 is 20.1 Å². The van der Waals surface area contributed by atoms with Gasteiger partial charge in [0, 0.05) is 23.5 Å². The number of benzene rings is 4. The van der Waals surface area contributed by atoms with E-state index >= 15 is 0 Å². The predicted octanol–water partition coefficient (Wildman–Crippen LogP) is 6.79. The molecule has 0 aliphatic rings. The Balaban J connectivity index is 1.27. The minimum atomic E-state index is -0.353. The highest BCUT2D eigenvalue weighted by atomic mass is 32.2. The third-order valence-corrected chi connectivity index (χ3v) is 8.39. The average Bonchev–Trinajstić information content (AvgIpc) is 3.41. The lowest BCUT2D eigenvalue weighted by molar-refractivity contribution is 0.0938. The summed E-state index contributed by atoms with van der Waals surface area (Å²) < 4.78 is 12.7. The highest BCUT2D eigenvalue weighted by Crippen LogP contribution is 2.35. The molecule has 0 atom stereocenters. The van der Waals surface area contributed by atoms with Crippen molar-refractivity contribution in [1.29, 1.82) is 0 Å². The van der Waals surface area contributed by atoms with Crippen LogP contribution in [0.25, 0.3) is 10.2 Å². The molecule has 0 aliphatic heterocycles. The molecule has 0 radical (unpaired) electrons. The second-order valence-electron chi connectivity index (χ2n) is 8.80. The number of amides is 2. The van der Waals surface area contributed by atoms with Gasteiger partial charge in [0.25, 0.3) is 11.8 Å². The fourth-order valence-corrected chi connectivity index (χ4v) is 6.21. The zero-order chi connectivity index (χ0) is 27.9. The molecular formula is C31H27N3O4S2. The normalized spacial score (nSPS) is 10.8. The average molecular weight is 570 g/mol. The van der Waals surface area contributed by atoms with Gasteiger partial charge in [0.1, 0.15) is 11.5 Å². The van der Waals surface area contributed by atoms with E-state index in [0.717, 1.165) is 37.2 Å². The standard InChI is InChI=1S/C31H27N3O4S2/c1-37-23-13-15-27(38-2)21(16-23)19-39-31-34-26-14-12-22(17-28(26)40-31)33-30(36)25-11-7-6-10-24(25)29(35)32-18-20-8-4-3-5-9-20/h3-17H,18-19H2,1-2H3,(H,32,35)(H,33,36). The van der Waals surface area contributed by atoms with Gasteiger partial charge in [-0.3, -0.25) is 9.59 Å². The van der Waals surface area contributed by atoms with Crippen LogP contribution in [0, 0.1) is 0 Å². The van der Waals surface area contributed by atoms with E-state index in [4.69, 9.17) is 14.5 Å². The molecule has 9 heteroatoms. The Kier molecular flexibility index (Phi) is 8.63. The molecule has 5 rings (SSSR count). The molecule has 2 amide bonds. The number of hydrogen-bond acceptors (Lipinski definition) is 7. The second kappa shape index (κ2) is 12.7. The van der Waals surface area contributed by atoms with Crippen LogP contribution in [0.15, 0.2) is 95.3 Å². The van der Waals surface area contributed by atoms with Gasteiger partial charge in [-0.15, -0.1) is 11.3 Å². The van der Waals surface area contributed by atoms with Crippen LogP contribution in [0.3, 0.4) is 0 Å². The van der Waals surface area contributed by atoms with Gasteiger partial charge in [0.05, 0.1) is 35.6 Å². The number of thioether (sulfide) groups is 1. The first-order valence-electron chi connectivity index (χ1n) is 12.5. The summed E-state index contributed by atoms with van der Waals surface area (Å²) in [6.07, 6.45) is 0. The Morgan fingerprint density at radius 2 is 1.60 bits per heavy atom. The molecule has 7 nitrogen and oxygen atoms in total. The van der Waals surface area contributed by atoms with E-state index in [1.807, 2.05) is 66.7 Å². The first-order valence-corrected chi connectivity index (χ1v) is 14.3. The lowest BCUT2D eigenvalue weighted by atomic mass is 10.1. The third kappa shape index (κ3) is 6.44. The number of hydrogen-bond donors (Lipinski definition) is 2. The largest absolute Gasteiger partial charge is 0.497 e. The summed E-state index contributed by atoms with van der Waals surface area (Å²) in [4.78, 5) is 30.8. The molecule has 0 saturated carbocycles. The van der Waals surface area contributed by atoms with Gasteiger partial charge in [-0.2, -0.15) is 0 Å². The number of anilines is 1. The summed E-state index contributed by atoms with van der Waals surface area (Å²) in [5.41, 5.74) is 4.11. The maximum Gasteiger partial charge on any atom is 0.256 e. The van der Waals surface area contributed by atoms with E-state index in [-0.39, 0.29) is 11.8 Å². The van der Waals surface area contributed by atoms with E-state index in [1.54, 1.807) is 61.6 Å². The molecule has 0 fully saturated rings. The van der Waals surface area contributed by atoms with Crippen LogP contribution in [0.4, 0.5) is 5.69 Å². The summed E-state index contributed by atoms with van der Waals surface area (Å²) in [5, 5.41) is 5.83. The molecule has 0 saturated heterocycles. The Morgan fingerprint density at radius 1 is 0.850 bits per heavy atom. The number of nitrogens with zero attached hydrogens (tertiary/aromatic N) is 1. The predicted molar refractivity (Wildman–Crippen MR) is 161 cm³/mol. The Labute approximate surface area is 240 Å². The fraction of sp³-hybridized carbons (Fsp3) is 0.129. The molecular weight excluding hydrogens is 542 g/mol. The third-order valence-electron chi connectivity index (χ3n) is 6.18. The van der Waals surface area contributed by atoms with Crippen LogP contribution >= 0.6 is 23.1 Å². The highest BCUT2D eigenvalue weighted by Gasteiger charge is 2.17. The summed E-state index contributed by atoms with van der Waals surface area (Å²) in [5.74, 6) is 1.59. The van der Waals surface area contributed by atoms with Gasteiger partial charge in [-0.25, -0.2) is 4.98 Å². The van der Waals surface area contributed by atoms with Gasteiger partial charge in [0.2, 0.25) is 0 Å². The van der Waals surface area contributed by atoms with E-state index < -0.39 is 0 Å². The van der Waals surface area contributed by atoms with Crippen molar-refractivity contribution in [3.05, 3.63) is 113 Å². The van der Waals surface area contributed by atoms with E-state index in [9.17, 15) is 9.59 Å². The Bertz CT molecular complexity index is 1650. The van der Waals surface area contributed by atoms with Crippen molar-refractivity contribution in [3.8, 4) is 11.5 Å². The topological polar surface area (TPSA) is 89.6 Å². The highest BCUT2D eigenvalue weighted by molar-refractivity contribution is 8.00. The summed E-state index contributed by atoms with van der Waals surface area (Å²) in [6.45, 7) is 0.378. The first kappa shape index (κ1) is 27.2. The van der Waals surface area contributed by atoms with E-state index in [0.29, 0.717) is 29.1 Å². The molecule has 0 spiro atoms. The molecule has 0 bridgehead atoms. The number of thiazole rings is 1. The minimum Gasteiger partial charge on any atom is -0.497 e. The van der Waals surface area contributed by atoms with Crippen LogP contribution in [-0.2, 0) is 12.3 Å². The number of nitrogens with one attached hydrogen (secondary N) is 2. The lowest BCUT2D eigenvalue weighted by Gasteiger charge is -2.11. The molecule has 4 aromatic carbocycles. The Hall–Kier alpha value is -4.34. The second-order valence-corrected chi connectivity index (χ2v) is 11.0. The SMILES string of the molecule is COc1ccc(OC)c(CSc2nc3ccc(NC(=O)c4ccccc4C(=O)NCc4ccccc4)cc3s2)c1. The van der Waals surface area contributed by atoms with Crippen molar-refractivity contribution in [2.45, 2.75) is 16.6 Å². The fourth-order valence-electron chi connectivity index (χ4n) is 4.13. The number of carbonyl (C=O) groups is 2. The number of rotatable bonds is 10. The summed E-state index contributed by atoms with van der Waals surface area (Å²) in [7, 11) is 3.29. The van der Waals surface area contributed by atoms with Crippen LogP contribution in [0.1, 0.15) is 31.8 Å².